The number of rotatable bonds is 14. The molecule has 63 heavy (non-hydrogen) atoms. The molecule has 0 saturated heterocycles. The molecule has 326 valence electrons. The van der Waals surface area contributed by atoms with E-state index in [1.807, 2.05) is 38.2 Å². The average molecular weight is 857 g/mol. The number of nitrogens with one attached hydrogen (secondary N) is 1. The van der Waals surface area contributed by atoms with Crippen LogP contribution in [0.4, 0.5) is 11.4 Å². The second kappa shape index (κ2) is 18.0. The Kier molecular flexibility index (Phi) is 12.1. The Morgan fingerprint density at radius 2 is 1.43 bits per heavy atom. The molecule has 5 aliphatic heterocycles. The van der Waals surface area contributed by atoms with Crippen LogP contribution in [0.3, 0.4) is 0 Å². The number of nitrogens with two attached hydrogens (primary N) is 1. The van der Waals surface area contributed by atoms with Gasteiger partial charge in [-0.25, -0.2) is 0 Å². The number of ether oxygens (including phenoxy) is 6. The number of amides is 4. The summed E-state index contributed by atoms with van der Waals surface area (Å²) in [7, 11) is 3.02. The summed E-state index contributed by atoms with van der Waals surface area (Å²) in [4.78, 5) is 64.7. The van der Waals surface area contributed by atoms with Crippen molar-refractivity contribution in [2.24, 2.45) is 33.5 Å². The highest BCUT2D eigenvalue weighted by atomic mass is 16.7. The predicted molar refractivity (Wildman–Crippen MR) is 233 cm³/mol. The molecule has 0 spiro atoms. The van der Waals surface area contributed by atoms with Crippen molar-refractivity contribution in [3.63, 3.8) is 0 Å². The summed E-state index contributed by atoms with van der Waals surface area (Å²) >= 11 is 0. The second-order valence-corrected chi connectivity index (χ2v) is 16.0. The maximum absolute atomic E-state index is 13.8. The zero-order chi connectivity index (χ0) is 44.4. The monoisotopic (exact) mass is 856 g/mol. The predicted octanol–water partition coefficient (Wildman–Crippen LogP) is 5.58. The smallest absolute Gasteiger partial charge is 0.260 e. The van der Waals surface area contributed by atoms with E-state index in [0.29, 0.717) is 81.8 Å². The zero-order valence-corrected chi connectivity index (χ0v) is 35.6. The number of hydrogen-bond donors (Lipinski definition) is 2. The molecule has 5 heterocycles. The lowest BCUT2D eigenvalue weighted by molar-refractivity contribution is -0.134. The molecule has 4 amide bonds. The summed E-state index contributed by atoms with van der Waals surface area (Å²) in [6, 6.07) is 11.8. The van der Waals surface area contributed by atoms with Crippen molar-refractivity contribution in [3.05, 3.63) is 77.1 Å². The topological polar surface area (TPSA) is 193 Å². The number of primary amides is 1. The van der Waals surface area contributed by atoms with Crippen molar-refractivity contribution >= 4 is 53.0 Å². The Balaban J connectivity index is 0.859. The van der Waals surface area contributed by atoms with Crippen molar-refractivity contribution < 1.29 is 47.6 Å². The summed E-state index contributed by atoms with van der Waals surface area (Å²) in [6.07, 6.45) is 8.60. The highest BCUT2D eigenvalue weighted by molar-refractivity contribution is 6.06. The van der Waals surface area contributed by atoms with E-state index in [1.165, 1.54) is 14.2 Å². The maximum atomic E-state index is 13.8. The number of nitrogens with zero attached hydrogens (tertiary/aromatic N) is 4. The van der Waals surface area contributed by atoms with E-state index >= 15 is 0 Å². The fourth-order valence-corrected chi connectivity index (χ4v) is 8.32. The van der Waals surface area contributed by atoms with Gasteiger partial charge in [0.05, 0.1) is 74.5 Å². The van der Waals surface area contributed by atoms with Crippen LogP contribution < -0.4 is 39.5 Å². The molecule has 0 radical (unpaired) electrons. The molecule has 0 fully saturated rings. The highest BCUT2D eigenvalue weighted by Crippen LogP contribution is 2.42. The molecule has 3 N–H and O–H groups in total. The molecule has 3 aromatic carbocycles. The number of methoxy groups -OCH3 is 2. The van der Waals surface area contributed by atoms with Gasteiger partial charge in [0.25, 0.3) is 11.8 Å². The van der Waals surface area contributed by atoms with Crippen LogP contribution >= 0.6 is 0 Å². The van der Waals surface area contributed by atoms with E-state index in [-0.39, 0.29) is 62.3 Å². The fraction of sp³-hybridized carbons (Fsp3) is 0.362. The van der Waals surface area contributed by atoms with E-state index in [0.717, 1.165) is 11.1 Å². The van der Waals surface area contributed by atoms with Gasteiger partial charge >= 0.3 is 0 Å². The Morgan fingerprint density at radius 3 is 2.03 bits per heavy atom. The van der Waals surface area contributed by atoms with Crippen LogP contribution in [0.1, 0.15) is 66.3 Å². The first-order chi connectivity index (χ1) is 30.4. The molecule has 0 bridgehead atoms. The Labute approximate surface area is 364 Å². The highest BCUT2D eigenvalue weighted by Gasteiger charge is 2.36. The largest absolute Gasteiger partial charge is 0.493 e. The van der Waals surface area contributed by atoms with Crippen LogP contribution in [0.5, 0.6) is 34.5 Å². The Hall–Kier alpha value is -7.28. The molecular formula is C47H48N6O10. The van der Waals surface area contributed by atoms with Crippen LogP contribution in [-0.2, 0) is 9.59 Å². The van der Waals surface area contributed by atoms with Crippen molar-refractivity contribution in [2.75, 3.05) is 40.8 Å². The van der Waals surface area contributed by atoms with Gasteiger partial charge in [-0.05, 0) is 41.3 Å². The van der Waals surface area contributed by atoms with Crippen LogP contribution in [0.25, 0.3) is 5.57 Å². The second-order valence-electron chi connectivity index (χ2n) is 16.0. The van der Waals surface area contributed by atoms with Crippen molar-refractivity contribution in [1.82, 2.24) is 15.1 Å². The minimum atomic E-state index is -0.590. The quantitative estimate of drug-likeness (QED) is 0.153. The van der Waals surface area contributed by atoms with E-state index in [1.54, 1.807) is 59.6 Å². The van der Waals surface area contributed by atoms with Gasteiger partial charge in [0.2, 0.25) is 18.6 Å². The van der Waals surface area contributed by atoms with Gasteiger partial charge < -0.3 is 49.3 Å². The molecule has 16 heteroatoms. The summed E-state index contributed by atoms with van der Waals surface area (Å²) in [5.41, 5.74) is 9.86. The summed E-state index contributed by atoms with van der Waals surface area (Å²) in [6.45, 7) is 6.18. The summed E-state index contributed by atoms with van der Waals surface area (Å²) in [5.74, 6) is 6.49. The standard InChI is InChI=1S/C47H48N6O10/c1-26(2)43(44(48)54)27(3)45(55)49-11-6-8-28-14-31-21-50-35-19-41(38(58-4)17-33(35)46(56)52(31)23-28)60-12-7-13-61-42-20-36-34(18-39(42)59-5)47(57)53-24-30(15-32(53)22-51-36)29-9-10-37-40(16-29)63-25-62-37/h9-10,16-24,26-27,31-32,43H,7,11-15,25H2,1-5H3,(H2,48,54)(H,49,55)/t27-,31-,32-,43?/m0/s1. The number of aliphatic imine (C=N–C) groups is 2. The van der Waals surface area contributed by atoms with Crippen molar-refractivity contribution in [3.8, 4) is 46.3 Å². The van der Waals surface area contributed by atoms with Crippen LogP contribution in [0.15, 0.2) is 70.4 Å². The average Bonchev–Trinajstić information content (AvgIpc) is 4.00. The summed E-state index contributed by atoms with van der Waals surface area (Å²) in [5, 5.41) is 2.76. The molecule has 16 nitrogen and oxygen atoms in total. The lowest BCUT2D eigenvalue weighted by atomic mass is 9.83. The van der Waals surface area contributed by atoms with E-state index in [4.69, 9.17) is 39.1 Å². The van der Waals surface area contributed by atoms with E-state index < -0.39 is 17.7 Å². The molecule has 8 rings (SSSR count). The van der Waals surface area contributed by atoms with E-state index in [2.05, 4.69) is 22.2 Å². The third kappa shape index (κ3) is 8.63. The van der Waals surface area contributed by atoms with Gasteiger partial charge in [0.15, 0.2) is 34.5 Å². The normalized spacial score (nSPS) is 18.7. The lowest BCUT2D eigenvalue weighted by Crippen LogP contribution is -2.41. The van der Waals surface area contributed by atoms with E-state index in [9.17, 15) is 19.2 Å². The SMILES string of the molecule is COc1cc2c(cc1OCCCOc1cc3c(cc1OC)C(=O)N1C=C(c4ccc5c(c4)OCO5)C[C@H]1C=N3)N=C[C@@H]1CC(C#CCNC(=O)[C@@H](C)C(C(N)=O)C(C)C)=CN1C2=O. The molecule has 5 aliphatic rings. The minimum absolute atomic E-state index is 0.0771. The molecule has 0 saturated carbocycles. The molecule has 0 aliphatic carbocycles. The maximum Gasteiger partial charge on any atom is 0.260 e. The molecule has 1 unspecified atom stereocenters. The van der Waals surface area contributed by atoms with Gasteiger partial charge in [0.1, 0.15) is 0 Å². The molecule has 3 aromatic rings. The van der Waals surface area contributed by atoms with Crippen LogP contribution in [-0.4, -0.2) is 98.7 Å². The number of carbonyl (C=O) groups excluding carboxylic acids is 4. The van der Waals surface area contributed by atoms with Crippen molar-refractivity contribution in [2.45, 2.75) is 52.1 Å². The zero-order valence-electron chi connectivity index (χ0n) is 35.6. The van der Waals surface area contributed by atoms with Crippen LogP contribution in [0, 0.1) is 29.6 Å². The number of fused-ring (bicyclic) bond motifs is 5. The Bertz CT molecular complexity index is 2550. The Morgan fingerprint density at radius 1 is 0.825 bits per heavy atom. The first-order valence-electron chi connectivity index (χ1n) is 20.7. The molecule has 4 atom stereocenters. The molecular weight excluding hydrogens is 809 g/mol. The third-order valence-electron chi connectivity index (χ3n) is 11.6. The first kappa shape index (κ1) is 42.4. The van der Waals surface area contributed by atoms with Gasteiger partial charge in [-0.1, -0.05) is 38.7 Å². The third-order valence-corrected chi connectivity index (χ3v) is 11.6. The first-order valence-corrected chi connectivity index (χ1v) is 20.7. The van der Waals surface area contributed by atoms with Gasteiger partial charge in [-0.2, -0.15) is 0 Å². The number of benzene rings is 3. The minimum Gasteiger partial charge on any atom is -0.493 e. The van der Waals surface area contributed by atoms with Crippen molar-refractivity contribution in [1.29, 1.82) is 0 Å². The van der Waals surface area contributed by atoms with Gasteiger partial charge in [0, 0.05) is 67.7 Å². The summed E-state index contributed by atoms with van der Waals surface area (Å²) < 4.78 is 34.5. The molecule has 0 aromatic heterocycles. The number of carbonyl (C=O) groups is 4. The lowest BCUT2D eigenvalue weighted by Gasteiger charge is -2.23. The van der Waals surface area contributed by atoms with Gasteiger partial charge in [-0.3, -0.25) is 29.2 Å². The van der Waals surface area contributed by atoms with Gasteiger partial charge in [-0.15, -0.1) is 0 Å². The van der Waals surface area contributed by atoms with Crippen LogP contribution in [0.2, 0.25) is 0 Å². The fourth-order valence-electron chi connectivity index (χ4n) is 8.32. The number of hydrogen-bond acceptors (Lipinski definition) is 12.